The lowest BCUT2D eigenvalue weighted by Crippen LogP contribution is -2.37. The van der Waals surface area contributed by atoms with Crippen LogP contribution in [0.1, 0.15) is 42.7 Å². The van der Waals surface area contributed by atoms with E-state index in [1.807, 2.05) is 31.2 Å². The van der Waals surface area contributed by atoms with Gasteiger partial charge in [0.1, 0.15) is 5.56 Å². The highest BCUT2D eigenvalue weighted by atomic mass is 16.1. The first-order chi connectivity index (χ1) is 12.5. The number of aromatic nitrogens is 4. The minimum atomic E-state index is -0.120. The molecule has 0 aliphatic heterocycles. The van der Waals surface area contributed by atoms with E-state index in [-0.39, 0.29) is 11.9 Å². The summed E-state index contributed by atoms with van der Waals surface area (Å²) in [5, 5.41) is 7.47. The highest BCUT2D eigenvalue weighted by Gasteiger charge is 2.32. The molecule has 6 nitrogen and oxygen atoms in total. The molecular weight excluding hydrogens is 326 g/mol. The number of nitrogens with one attached hydrogen (secondary N) is 1. The molecule has 1 aliphatic rings. The van der Waals surface area contributed by atoms with Gasteiger partial charge in [0, 0.05) is 17.9 Å². The molecule has 1 amide bonds. The van der Waals surface area contributed by atoms with Crippen molar-refractivity contribution >= 4 is 11.6 Å². The first-order valence-corrected chi connectivity index (χ1v) is 9.12. The predicted octanol–water partition coefficient (Wildman–Crippen LogP) is 3.26. The average Bonchev–Trinajstić information content (AvgIpc) is 3.40. The summed E-state index contributed by atoms with van der Waals surface area (Å²) in [7, 11) is 0. The normalized spacial score (nSPS) is 16.4. The van der Waals surface area contributed by atoms with Crippen LogP contribution in [0.5, 0.6) is 0 Å². The lowest BCUT2D eigenvalue weighted by Gasteiger charge is -2.20. The van der Waals surface area contributed by atoms with E-state index in [1.54, 1.807) is 16.9 Å². The maximum absolute atomic E-state index is 12.8. The van der Waals surface area contributed by atoms with Gasteiger partial charge in [-0.25, -0.2) is 9.50 Å². The van der Waals surface area contributed by atoms with Crippen molar-refractivity contribution in [2.45, 2.75) is 39.7 Å². The highest BCUT2D eigenvalue weighted by Crippen LogP contribution is 2.38. The van der Waals surface area contributed by atoms with E-state index in [1.165, 1.54) is 12.8 Å². The van der Waals surface area contributed by atoms with Gasteiger partial charge in [-0.2, -0.15) is 5.10 Å². The van der Waals surface area contributed by atoms with Crippen LogP contribution in [0.25, 0.3) is 17.0 Å². The molecule has 1 saturated carbocycles. The van der Waals surface area contributed by atoms with E-state index in [0.29, 0.717) is 17.1 Å². The highest BCUT2D eigenvalue weighted by molar-refractivity contribution is 6.00. The Bertz CT molecular complexity index is 945. The van der Waals surface area contributed by atoms with Gasteiger partial charge in [-0.1, -0.05) is 13.0 Å². The van der Waals surface area contributed by atoms with Crippen LogP contribution in [0, 0.1) is 18.8 Å². The second-order valence-electron chi connectivity index (χ2n) is 7.25. The monoisotopic (exact) mass is 349 g/mol. The minimum absolute atomic E-state index is 0.120. The Balaban J connectivity index is 1.67. The average molecular weight is 349 g/mol. The van der Waals surface area contributed by atoms with Gasteiger partial charge in [-0.3, -0.25) is 9.78 Å². The van der Waals surface area contributed by atoms with E-state index in [4.69, 9.17) is 0 Å². The molecule has 2 unspecified atom stereocenters. The van der Waals surface area contributed by atoms with Crippen molar-refractivity contribution in [2.75, 3.05) is 0 Å². The fourth-order valence-electron chi connectivity index (χ4n) is 3.36. The largest absolute Gasteiger partial charge is 0.349 e. The van der Waals surface area contributed by atoms with Crippen molar-refractivity contribution in [1.82, 2.24) is 24.9 Å². The zero-order valence-corrected chi connectivity index (χ0v) is 15.3. The number of aryl methyl sites for hydroxylation is 1. The number of pyridine rings is 1. The smallest absolute Gasteiger partial charge is 0.256 e. The maximum atomic E-state index is 12.8. The van der Waals surface area contributed by atoms with Crippen LogP contribution in [0.2, 0.25) is 0 Å². The predicted molar refractivity (Wildman–Crippen MR) is 99.8 cm³/mol. The number of nitrogens with zero attached hydrogens (tertiary/aromatic N) is 4. The number of hydrogen-bond donors (Lipinski definition) is 1. The Morgan fingerprint density at radius 3 is 2.77 bits per heavy atom. The van der Waals surface area contributed by atoms with E-state index < -0.39 is 0 Å². The molecule has 4 rings (SSSR count). The van der Waals surface area contributed by atoms with Gasteiger partial charge in [-0.05, 0) is 56.7 Å². The third kappa shape index (κ3) is 3.07. The van der Waals surface area contributed by atoms with E-state index in [0.717, 1.165) is 23.0 Å². The fourth-order valence-corrected chi connectivity index (χ4v) is 3.36. The molecule has 3 heterocycles. The van der Waals surface area contributed by atoms with Crippen LogP contribution < -0.4 is 5.32 Å². The van der Waals surface area contributed by atoms with Gasteiger partial charge < -0.3 is 5.32 Å². The first-order valence-electron chi connectivity index (χ1n) is 9.12. The molecule has 1 N–H and O–H groups in total. The van der Waals surface area contributed by atoms with Gasteiger partial charge in [0.2, 0.25) is 0 Å². The van der Waals surface area contributed by atoms with Crippen molar-refractivity contribution in [3.63, 3.8) is 0 Å². The second-order valence-corrected chi connectivity index (χ2v) is 7.25. The molecule has 3 aromatic rings. The molecule has 1 aliphatic carbocycles. The molecule has 2 atom stereocenters. The number of carbonyl (C=O) groups excluding carboxylic acids is 1. The van der Waals surface area contributed by atoms with Crippen LogP contribution in [0.4, 0.5) is 0 Å². The molecule has 134 valence electrons. The number of carbonyl (C=O) groups is 1. The third-order valence-electron chi connectivity index (χ3n) is 5.33. The summed E-state index contributed by atoms with van der Waals surface area (Å²) in [4.78, 5) is 21.8. The number of fused-ring (bicyclic) bond motifs is 1. The summed E-state index contributed by atoms with van der Waals surface area (Å²) in [5.41, 5.74) is 3.50. The van der Waals surface area contributed by atoms with Crippen molar-refractivity contribution in [2.24, 2.45) is 11.8 Å². The Labute approximate surface area is 152 Å². The minimum Gasteiger partial charge on any atom is -0.349 e. The summed E-state index contributed by atoms with van der Waals surface area (Å²) >= 11 is 0. The zero-order chi connectivity index (χ0) is 18.3. The lowest BCUT2D eigenvalue weighted by molar-refractivity contribution is 0.0927. The maximum Gasteiger partial charge on any atom is 0.256 e. The molecule has 0 radical (unpaired) electrons. The van der Waals surface area contributed by atoms with Gasteiger partial charge in [-0.15, -0.1) is 0 Å². The van der Waals surface area contributed by atoms with Crippen LogP contribution in [0.3, 0.4) is 0 Å². The standard InChI is InChI=1S/C20H23N5O/c1-12-10-18(17-6-4-5-9-21-17)24-19-16(11-22-25(12)19)20(26)23-14(3)13(2)15-7-8-15/h4-6,9-11,13-15H,7-8H2,1-3H3,(H,23,26). The van der Waals surface area contributed by atoms with Crippen LogP contribution in [-0.4, -0.2) is 31.5 Å². The molecule has 26 heavy (non-hydrogen) atoms. The fraction of sp³-hybridized carbons (Fsp3) is 0.400. The number of rotatable bonds is 5. The quantitative estimate of drug-likeness (QED) is 0.767. The van der Waals surface area contributed by atoms with E-state index in [9.17, 15) is 4.79 Å². The Kier molecular flexibility index (Phi) is 4.18. The molecular formula is C20H23N5O. The number of hydrogen-bond acceptors (Lipinski definition) is 4. The Morgan fingerprint density at radius 2 is 2.08 bits per heavy atom. The molecule has 0 saturated heterocycles. The molecule has 0 bridgehead atoms. The van der Waals surface area contributed by atoms with Crippen molar-refractivity contribution < 1.29 is 4.79 Å². The summed E-state index contributed by atoms with van der Waals surface area (Å²) in [6, 6.07) is 7.77. The Hall–Kier alpha value is -2.76. The first kappa shape index (κ1) is 16.7. The zero-order valence-electron chi connectivity index (χ0n) is 15.3. The van der Waals surface area contributed by atoms with Crippen molar-refractivity contribution in [3.05, 3.63) is 47.9 Å². The van der Waals surface area contributed by atoms with Crippen molar-refractivity contribution in [3.8, 4) is 11.4 Å². The Morgan fingerprint density at radius 1 is 1.27 bits per heavy atom. The summed E-state index contributed by atoms with van der Waals surface area (Å²) in [6.45, 7) is 6.23. The third-order valence-corrected chi connectivity index (χ3v) is 5.33. The molecule has 3 aromatic heterocycles. The van der Waals surface area contributed by atoms with Gasteiger partial charge in [0.05, 0.1) is 17.6 Å². The second kappa shape index (κ2) is 6.52. The van der Waals surface area contributed by atoms with Crippen LogP contribution in [0.15, 0.2) is 36.7 Å². The molecule has 0 spiro atoms. The van der Waals surface area contributed by atoms with Crippen LogP contribution >= 0.6 is 0 Å². The summed E-state index contributed by atoms with van der Waals surface area (Å²) in [5.74, 6) is 1.11. The van der Waals surface area contributed by atoms with E-state index >= 15 is 0 Å². The number of amides is 1. The van der Waals surface area contributed by atoms with Crippen LogP contribution in [-0.2, 0) is 0 Å². The summed E-state index contributed by atoms with van der Waals surface area (Å²) < 4.78 is 1.70. The SMILES string of the molecule is Cc1cc(-c2ccccn2)nc2c(C(=O)NC(C)C(C)C3CC3)cnn12. The molecule has 0 aromatic carbocycles. The van der Waals surface area contributed by atoms with Gasteiger partial charge >= 0.3 is 0 Å². The van der Waals surface area contributed by atoms with Crippen molar-refractivity contribution in [1.29, 1.82) is 0 Å². The lowest BCUT2D eigenvalue weighted by atomic mass is 9.98. The van der Waals surface area contributed by atoms with E-state index in [2.05, 4.69) is 34.2 Å². The summed E-state index contributed by atoms with van der Waals surface area (Å²) in [6.07, 6.45) is 5.88. The molecule has 1 fully saturated rings. The van der Waals surface area contributed by atoms with Gasteiger partial charge in [0.25, 0.3) is 5.91 Å². The topological polar surface area (TPSA) is 72.2 Å². The molecule has 6 heteroatoms. The van der Waals surface area contributed by atoms with Gasteiger partial charge in [0.15, 0.2) is 5.65 Å².